The molecule has 3 rings (SSSR count). The SMILES string of the molecule is COc1cccc2c1OCC(C(=O)Nc1cccc(C(F)(F)F)c1)=C2. The first-order valence-corrected chi connectivity index (χ1v) is 7.37. The maximum atomic E-state index is 12.7. The number of nitrogens with one attached hydrogen (secondary N) is 1. The third kappa shape index (κ3) is 3.60. The third-order valence-corrected chi connectivity index (χ3v) is 3.67. The fourth-order valence-electron chi connectivity index (χ4n) is 2.46. The van der Waals surface area contributed by atoms with Gasteiger partial charge in [0.15, 0.2) is 11.5 Å². The second-order valence-corrected chi connectivity index (χ2v) is 5.37. The largest absolute Gasteiger partial charge is 0.493 e. The Kier molecular flexibility index (Phi) is 4.39. The van der Waals surface area contributed by atoms with E-state index in [1.807, 2.05) is 0 Å². The summed E-state index contributed by atoms with van der Waals surface area (Å²) in [5, 5.41) is 2.47. The lowest BCUT2D eigenvalue weighted by atomic mass is 10.1. The van der Waals surface area contributed by atoms with Gasteiger partial charge in [0, 0.05) is 11.3 Å². The summed E-state index contributed by atoms with van der Waals surface area (Å²) < 4.78 is 49.0. The molecule has 0 bridgehead atoms. The summed E-state index contributed by atoms with van der Waals surface area (Å²) in [7, 11) is 1.51. The van der Waals surface area contributed by atoms with Crippen molar-refractivity contribution >= 4 is 17.7 Å². The molecule has 2 aromatic rings. The van der Waals surface area contributed by atoms with Crippen LogP contribution in [0.25, 0.3) is 6.08 Å². The topological polar surface area (TPSA) is 47.6 Å². The van der Waals surface area contributed by atoms with Gasteiger partial charge >= 0.3 is 6.18 Å². The van der Waals surface area contributed by atoms with E-state index < -0.39 is 17.6 Å². The van der Waals surface area contributed by atoms with Gasteiger partial charge in [0.05, 0.1) is 18.2 Å². The molecule has 0 atom stereocenters. The summed E-state index contributed by atoms with van der Waals surface area (Å²) in [5.41, 5.74) is 0.212. The van der Waals surface area contributed by atoms with Crippen LogP contribution in [-0.2, 0) is 11.0 Å². The first-order chi connectivity index (χ1) is 11.9. The monoisotopic (exact) mass is 349 g/mol. The number of methoxy groups -OCH3 is 1. The Hall–Kier alpha value is -2.96. The van der Waals surface area contributed by atoms with Gasteiger partial charge < -0.3 is 14.8 Å². The number of amides is 1. The van der Waals surface area contributed by atoms with Gasteiger partial charge in [-0.3, -0.25) is 4.79 Å². The van der Waals surface area contributed by atoms with Crippen LogP contribution in [0, 0.1) is 0 Å². The molecular weight excluding hydrogens is 335 g/mol. The molecule has 0 aromatic heterocycles. The predicted octanol–water partition coefficient (Wildman–Crippen LogP) is 4.13. The van der Waals surface area contributed by atoms with Crippen molar-refractivity contribution in [3.8, 4) is 11.5 Å². The highest BCUT2D eigenvalue weighted by Gasteiger charge is 2.30. The van der Waals surface area contributed by atoms with Crippen molar-refractivity contribution in [1.82, 2.24) is 0 Å². The Morgan fingerprint density at radius 2 is 1.96 bits per heavy atom. The molecule has 1 heterocycles. The first-order valence-electron chi connectivity index (χ1n) is 7.37. The van der Waals surface area contributed by atoms with Crippen LogP contribution in [-0.4, -0.2) is 19.6 Å². The van der Waals surface area contributed by atoms with Crippen LogP contribution in [0.2, 0.25) is 0 Å². The number of carbonyl (C=O) groups is 1. The van der Waals surface area contributed by atoms with Gasteiger partial charge in [0.2, 0.25) is 0 Å². The van der Waals surface area contributed by atoms with E-state index in [4.69, 9.17) is 9.47 Å². The molecule has 7 heteroatoms. The maximum absolute atomic E-state index is 12.7. The molecule has 1 aliphatic heterocycles. The highest BCUT2D eigenvalue weighted by Crippen LogP contribution is 2.36. The van der Waals surface area contributed by atoms with Crippen molar-refractivity contribution in [3.05, 3.63) is 59.2 Å². The molecule has 1 aliphatic rings. The number of ether oxygens (including phenoxy) is 2. The number of halogens is 3. The van der Waals surface area contributed by atoms with Crippen LogP contribution in [0.15, 0.2) is 48.0 Å². The molecule has 0 saturated heterocycles. The van der Waals surface area contributed by atoms with Crippen LogP contribution >= 0.6 is 0 Å². The Bertz CT molecular complexity index is 844. The Morgan fingerprint density at radius 1 is 1.20 bits per heavy atom. The molecule has 130 valence electrons. The molecule has 25 heavy (non-hydrogen) atoms. The Morgan fingerprint density at radius 3 is 2.68 bits per heavy atom. The van der Waals surface area contributed by atoms with Crippen molar-refractivity contribution in [1.29, 1.82) is 0 Å². The minimum absolute atomic E-state index is 0.00182. The summed E-state index contributed by atoms with van der Waals surface area (Å²) in [6.07, 6.45) is -2.84. The summed E-state index contributed by atoms with van der Waals surface area (Å²) in [4.78, 5) is 12.3. The van der Waals surface area contributed by atoms with E-state index in [-0.39, 0.29) is 12.3 Å². The van der Waals surface area contributed by atoms with E-state index in [1.54, 1.807) is 24.3 Å². The van der Waals surface area contributed by atoms with Crippen molar-refractivity contribution in [2.24, 2.45) is 0 Å². The summed E-state index contributed by atoms with van der Waals surface area (Å²) in [6, 6.07) is 9.72. The summed E-state index contributed by atoms with van der Waals surface area (Å²) in [5.74, 6) is 0.555. The average molecular weight is 349 g/mol. The highest BCUT2D eigenvalue weighted by atomic mass is 19.4. The van der Waals surface area contributed by atoms with Crippen LogP contribution in [0.4, 0.5) is 18.9 Å². The number of fused-ring (bicyclic) bond motifs is 1. The normalized spacial score (nSPS) is 13.4. The number of anilines is 1. The van der Waals surface area contributed by atoms with E-state index in [0.717, 1.165) is 12.1 Å². The van der Waals surface area contributed by atoms with Crippen LogP contribution in [0.1, 0.15) is 11.1 Å². The minimum atomic E-state index is -4.47. The summed E-state index contributed by atoms with van der Waals surface area (Å²) >= 11 is 0. The number of alkyl halides is 3. The number of hydrogen-bond acceptors (Lipinski definition) is 3. The molecule has 0 unspecified atom stereocenters. The first kappa shape index (κ1) is 16.9. The van der Waals surface area contributed by atoms with Gasteiger partial charge in [-0.25, -0.2) is 0 Å². The van der Waals surface area contributed by atoms with Crippen LogP contribution in [0.3, 0.4) is 0 Å². The van der Waals surface area contributed by atoms with Crippen molar-refractivity contribution < 1.29 is 27.4 Å². The lowest BCUT2D eigenvalue weighted by molar-refractivity contribution is -0.137. The van der Waals surface area contributed by atoms with Gasteiger partial charge in [0.25, 0.3) is 5.91 Å². The van der Waals surface area contributed by atoms with E-state index in [2.05, 4.69) is 5.32 Å². The molecule has 1 N–H and O–H groups in total. The second kappa shape index (κ2) is 6.51. The van der Waals surface area contributed by atoms with E-state index >= 15 is 0 Å². The highest BCUT2D eigenvalue weighted by molar-refractivity contribution is 6.07. The van der Waals surface area contributed by atoms with Gasteiger partial charge in [-0.2, -0.15) is 13.2 Å². The maximum Gasteiger partial charge on any atom is 0.416 e. The van der Waals surface area contributed by atoms with Crippen LogP contribution in [0.5, 0.6) is 11.5 Å². The molecular formula is C18H14F3NO3. The van der Waals surface area contributed by atoms with E-state index in [1.165, 1.54) is 19.2 Å². The minimum Gasteiger partial charge on any atom is -0.493 e. The van der Waals surface area contributed by atoms with Gasteiger partial charge in [-0.05, 0) is 30.3 Å². The second-order valence-electron chi connectivity index (χ2n) is 5.37. The lowest BCUT2D eigenvalue weighted by Gasteiger charge is -2.19. The molecule has 0 aliphatic carbocycles. The molecule has 0 radical (unpaired) electrons. The molecule has 1 amide bonds. The molecule has 0 saturated carbocycles. The smallest absolute Gasteiger partial charge is 0.416 e. The standard InChI is InChI=1S/C18H14F3NO3/c1-24-15-7-2-4-11-8-12(10-25-16(11)15)17(23)22-14-6-3-5-13(9-14)18(19,20)21/h2-9H,10H2,1H3,(H,22,23). The molecule has 0 spiro atoms. The fourth-order valence-corrected chi connectivity index (χ4v) is 2.46. The van der Waals surface area contributed by atoms with Gasteiger partial charge in [0.1, 0.15) is 6.61 Å². The number of benzene rings is 2. The number of hydrogen-bond donors (Lipinski definition) is 1. The Labute approximate surface area is 141 Å². The zero-order valence-electron chi connectivity index (χ0n) is 13.2. The van der Waals surface area contributed by atoms with Crippen molar-refractivity contribution in [3.63, 3.8) is 0 Å². The quantitative estimate of drug-likeness (QED) is 0.906. The zero-order valence-corrected chi connectivity index (χ0v) is 13.2. The van der Waals surface area contributed by atoms with E-state index in [0.29, 0.717) is 22.6 Å². The van der Waals surface area contributed by atoms with E-state index in [9.17, 15) is 18.0 Å². The summed E-state index contributed by atoms with van der Waals surface area (Å²) in [6.45, 7) is -0.00182. The molecule has 0 fully saturated rings. The third-order valence-electron chi connectivity index (χ3n) is 3.67. The lowest BCUT2D eigenvalue weighted by Crippen LogP contribution is -2.21. The van der Waals surface area contributed by atoms with Crippen molar-refractivity contribution in [2.45, 2.75) is 6.18 Å². The number of para-hydroxylation sites is 1. The number of rotatable bonds is 3. The zero-order chi connectivity index (χ0) is 18.0. The van der Waals surface area contributed by atoms with Gasteiger partial charge in [-0.1, -0.05) is 18.2 Å². The average Bonchev–Trinajstić information content (AvgIpc) is 2.60. The fraction of sp³-hybridized carbons (Fsp3) is 0.167. The van der Waals surface area contributed by atoms with Crippen molar-refractivity contribution in [2.75, 3.05) is 19.0 Å². The Balaban J connectivity index is 1.82. The number of carbonyl (C=O) groups excluding carboxylic acids is 1. The van der Waals surface area contributed by atoms with Crippen LogP contribution < -0.4 is 14.8 Å². The van der Waals surface area contributed by atoms with Gasteiger partial charge in [-0.15, -0.1) is 0 Å². The predicted molar refractivity (Wildman–Crippen MR) is 86.5 cm³/mol. The molecule has 2 aromatic carbocycles. The molecule has 4 nitrogen and oxygen atoms in total.